The van der Waals surface area contributed by atoms with Gasteiger partial charge in [0.05, 0.1) is 4.88 Å². The first-order valence-corrected chi connectivity index (χ1v) is 9.45. The monoisotopic (exact) mass is 341 g/mol. The number of hydrogen-bond donors (Lipinski definition) is 2. The number of thiophene rings is 1. The van der Waals surface area contributed by atoms with Crippen LogP contribution in [0.3, 0.4) is 0 Å². The molecule has 0 spiro atoms. The standard InChI is InChI=1S/C19H23N3OS/c1-12-18(13-8-10-22(12)11-9-13)21-19(23)17-7-6-16(24-17)14-4-2-3-5-15(14)20/h2-7,12-13,18H,8-11,20H2,1H3,(H,21,23)/t12-,18+/m1/s1. The van der Waals surface area contributed by atoms with Crippen LogP contribution in [0.5, 0.6) is 0 Å². The highest BCUT2D eigenvalue weighted by Crippen LogP contribution is 2.34. The van der Waals surface area contributed by atoms with Crippen molar-refractivity contribution in [1.29, 1.82) is 0 Å². The van der Waals surface area contributed by atoms with E-state index in [1.807, 2.05) is 36.4 Å². The van der Waals surface area contributed by atoms with E-state index in [1.54, 1.807) is 0 Å². The molecule has 3 saturated heterocycles. The molecule has 3 fully saturated rings. The molecule has 24 heavy (non-hydrogen) atoms. The van der Waals surface area contributed by atoms with E-state index >= 15 is 0 Å². The molecule has 2 bridgehead atoms. The molecular formula is C19H23N3OS. The molecule has 1 amide bonds. The van der Waals surface area contributed by atoms with Crippen LogP contribution in [0, 0.1) is 5.92 Å². The van der Waals surface area contributed by atoms with Gasteiger partial charge in [-0.2, -0.15) is 0 Å². The highest BCUT2D eigenvalue weighted by Gasteiger charge is 2.40. The Labute approximate surface area is 146 Å². The fourth-order valence-electron chi connectivity index (χ4n) is 4.09. The van der Waals surface area contributed by atoms with Gasteiger partial charge in [-0.1, -0.05) is 18.2 Å². The SMILES string of the molecule is C[C@@H]1[C@H](NC(=O)c2ccc(-c3ccccc3N)s2)C2CCN1CC2. The normalized spacial score (nSPS) is 28.7. The van der Waals surface area contributed by atoms with Gasteiger partial charge in [0.2, 0.25) is 0 Å². The van der Waals surface area contributed by atoms with Crippen molar-refractivity contribution in [1.82, 2.24) is 10.2 Å². The van der Waals surface area contributed by atoms with E-state index in [4.69, 9.17) is 5.73 Å². The first-order chi connectivity index (χ1) is 11.6. The molecule has 1 aromatic carbocycles. The van der Waals surface area contributed by atoms with Gasteiger partial charge >= 0.3 is 0 Å². The lowest BCUT2D eigenvalue weighted by molar-refractivity contribution is 0.0218. The third kappa shape index (κ3) is 2.72. The van der Waals surface area contributed by atoms with Crippen molar-refractivity contribution in [2.75, 3.05) is 18.8 Å². The number of nitrogens with zero attached hydrogens (tertiary/aromatic N) is 1. The summed E-state index contributed by atoms with van der Waals surface area (Å²) < 4.78 is 0. The average molecular weight is 341 g/mol. The number of nitrogen functional groups attached to an aromatic ring is 1. The zero-order valence-corrected chi connectivity index (χ0v) is 14.7. The number of benzene rings is 1. The van der Waals surface area contributed by atoms with Gasteiger partial charge in [-0.15, -0.1) is 11.3 Å². The predicted octanol–water partition coefficient (Wildman–Crippen LogP) is 3.21. The lowest BCUT2D eigenvalue weighted by Gasteiger charge is -2.49. The highest BCUT2D eigenvalue weighted by molar-refractivity contribution is 7.17. The van der Waals surface area contributed by atoms with E-state index in [0.29, 0.717) is 12.0 Å². The van der Waals surface area contributed by atoms with Gasteiger partial charge in [-0.25, -0.2) is 0 Å². The van der Waals surface area contributed by atoms with Crippen LogP contribution in [-0.4, -0.2) is 36.0 Å². The van der Waals surface area contributed by atoms with Gasteiger partial charge in [0.1, 0.15) is 0 Å². The van der Waals surface area contributed by atoms with Crippen molar-refractivity contribution in [3.05, 3.63) is 41.3 Å². The van der Waals surface area contributed by atoms with Crippen LogP contribution < -0.4 is 11.1 Å². The maximum absolute atomic E-state index is 12.7. The smallest absolute Gasteiger partial charge is 0.261 e. The Balaban J connectivity index is 1.51. The lowest BCUT2D eigenvalue weighted by atomic mass is 9.79. The number of rotatable bonds is 3. The molecule has 5 heteroatoms. The third-order valence-corrected chi connectivity index (χ3v) is 6.65. The Hall–Kier alpha value is -1.85. The van der Waals surface area contributed by atoms with E-state index in [2.05, 4.69) is 17.1 Å². The van der Waals surface area contributed by atoms with Gasteiger partial charge in [0, 0.05) is 28.2 Å². The van der Waals surface area contributed by atoms with Gasteiger partial charge in [-0.05, 0) is 57.0 Å². The van der Waals surface area contributed by atoms with Crippen LogP contribution in [-0.2, 0) is 0 Å². The van der Waals surface area contributed by atoms with Crippen LogP contribution in [0.25, 0.3) is 10.4 Å². The van der Waals surface area contributed by atoms with Crippen molar-refractivity contribution < 1.29 is 4.79 Å². The molecule has 3 aliphatic rings. The number of carbonyl (C=O) groups excluding carboxylic acids is 1. The van der Waals surface area contributed by atoms with E-state index in [9.17, 15) is 4.79 Å². The zero-order chi connectivity index (χ0) is 16.7. The second-order valence-electron chi connectivity index (χ2n) is 6.86. The van der Waals surface area contributed by atoms with Crippen molar-refractivity contribution in [3.8, 4) is 10.4 Å². The second-order valence-corrected chi connectivity index (χ2v) is 7.95. The van der Waals surface area contributed by atoms with Crippen LogP contribution in [0.2, 0.25) is 0 Å². The van der Waals surface area contributed by atoms with E-state index in [1.165, 1.54) is 37.3 Å². The Morgan fingerprint density at radius 2 is 1.96 bits per heavy atom. The summed E-state index contributed by atoms with van der Waals surface area (Å²) in [6.07, 6.45) is 2.40. The first kappa shape index (κ1) is 15.7. The number of nitrogens with two attached hydrogens (primary N) is 1. The number of amides is 1. The van der Waals surface area contributed by atoms with Crippen LogP contribution >= 0.6 is 11.3 Å². The largest absolute Gasteiger partial charge is 0.398 e. The van der Waals surface area contributed by atoms with Crippen LogP contribution in [0.15, 0.2) is 36.4 Å². The number of carbonyl (C=O) groups is 1. The summed E-state index contributed by atoms with van der Waals surface area (Å²) in [6, 6.07) is 12.4. The number of para-hydroxylation sites is 1. The van der Waals surface area contributed by atoms with Gasteiger partial charge in [0.25, 0.3) is 5.91 Å². The Morgan fingerprint density at radius 3 is 2.67 bits per heavy atom. The third-order valence-electron chi connectivity index (χ3n) is 5.53. The number of anilines is 1. The lowest BCUT2D eigenvalue weighted by Crippen LogP contribution is -2.62. The van der Waals surface area contributed by atoms with Crippen molar-refractivity contribution in [3.63, 3.8) is 0 Å². The van der Waals surface area contributed by atoms with Crippen molar-refractivity contribution >= 4 is 22.9 Å². The molecule has 126 valence electrons. The zero-order valence-electron chi connectivity index (χ0n) is 13.9. The predicted molar refractivity (Wildman–Crippen MR) is 99.2 cm³/mol. The summed E-state index contributed by atoms with van der Waals surface area (Å²) in [5.74, 6) is 0.671. The maximum Gasteiger partial charge on any atom is 0.261 e. The minimum Gasteiger partial charge on any atom is -0.398 e. The molecule has 2 atom stereocenters. The fourth-order valence-corrected chi connectivity index (χ4v) is 5.05. The van der Waals surface area contributed by atoms with Gasteiger partial charge in [0.15, 0.2) is 0 Å². The molecule has 0 aliphatic carbocycles. The van der Waals surface area contributed by atoms with Crippen LogP contribution in [0.1, 0.15) is 29.4 Å². The van der Waals surface area contributed by atoms with Crippen molar-refractivity contribution in [2.24, 2.45) is 5.92 Å². The van der Waals surface area contributed by atoms with E-state index in [0.717, 1.165) is 21.0 Å². The maximum atomic E-state index is 12.7. The quantitative estimate of drug-likeness (QED) is 0.843. The molecule has 3 N–H and O–H groups in total. The average Bonchev–Trinajstić information content (AvgIpc) is 3.09. The summed E-state index contributed by atoms with van der Waals surface area (Å²) in [6.45, 7) is 4.59. The molecule has 1 aromatic heterocycles. The minimum absolute atomic E-state index is 0.0475. The first-order valence-electron chi connectivity index (χ1n) is 8.63. The molecular weight excluding hydrogens is 318 g/mol. The summed E-state index contributed by atoms with van der Waals surface area (Å²) >= 11 is 1.51. The molecule has 5 rings (SSSR count). The number of fused-ring (bicyclic) bond motifs is 3. The van der Waals surface area contributed by atoms with Gasteiger partial charge in [-0.3, -0.25) is 9.69 Å². The van der Waals surface area contributed by atoms with E-state index in [-0.39, 0.29) is 11.9 Å². The summed E-state index contributed by atoms with van der Waals surface area (Å²) in [7, 11) is 0. The Bertz CT molecular complexity index is 747. The molecule has 0 unspecified atom stereocenters. The highest BCUT2D eigenvalue weighted by atomic mass is 32.1. The Kier molecular flexibility index (Phi) is 4.06. The molecule has 4 nitrogen and oxygen atoms in total. The topological polar surface area (TPSA) is 58.4 Å². The number of hydrogen-bond acceptors (Lipinski definition) is 4. The van der Waals surface area contributed by atoms with Gasteiger partial charge < -0.3 is 11.1 Å². The minimum atomic E-state index is 0.0475. The number of piperidine rings is 3. The molecule has 0 saturated carbocycles. The molecule has 0 radical (unpaired) electrons. The summed E-state index contributed by atoms with van der Waals surface area (Å²) in [4.78, 5) is 17.0. The second kappa shape index (κ2) is 6.22. The van der Waals surface area contributed by atoms with E-state index < -0.39 is 0 Å². The molecule has 2 aromatic rings. The summed E-state index contributed by atoms with van der Waals surface area (Å²) in [5.41, 5.74) is 7.79. The fraction of sp³-hybridized carbons (Fsp3) is 0.421. The Morgan fingerprint density at radius 1 is 1.21 bits per heavy atom. The molecule has 3 aliphatic heterocycles. The van der Waals surface area contributed by atoms with Crippen molar-refractivity contribution in [2.45, 2.75) is 31.8 Å². The van der Waals surface area contributed by atoms with Crippen LogP contribution in [0.4, 0.5) is 5.69 Å². The summed E-state index contributed by atoms with van der Waals surface area (Å²) in [5, 5.41) is 3.29. The molecule has 4 heterocycles. The number of nitrogens with one attached hydrogen (secondary N) is 1.